The van der Waals surface area contributed by atoms with Gasteiger partial charge in [0.1, 0.15) is 22.8 Å². The number of hydrogen-bond acceptors (Lipinski definition) is 6. The van der Waals surface area contributed by atoms with Crippen LogP contribution in [0.4, 0.5) is 14.6 Å². The summed E-state index contributed by atoms with van der Waals surface area (Å²) in [5.41, 5.74) is 1.66. The Morgan fingerprint density at radius 1 is 1.36 bits per heavy atom. The van der Waals surface area contributed by atoms with Crippen molar-refractivity contribution in [3.63, 3.8) is 0 Å². The number of anilines is 1. The minimum absolute atomic E-state index is 0.107. The molecule has 0 bridgehead atoms. The fourth-order valence-electron chi connectivity index (χ4n) is 3.31. The summed E-state index contributed by atoms with van der Waals surface area (Å²) in [6, 6.07) is 5.70. The van der Waals surface area contributed by atoms with Crippen LogP contribution in [0.15, 0.2) is 63.9 Å². The van der Waals surface area contributed by atoms with E-state index in [1.54, 1.807) is 31.4 Å². The molecule has 0 aliphatic heterocycles. The number of fused-ring (bicyclic) bond motifs is 1. The van der Waals surface area contributed by atoms with Crippen LogP contribution in [-0.2, 0) is 13.1 Å². The van der Waals surface area contributed by atoms with E-state index < -0.39 is 11.6 Å². The molecule has 0 atom stereocenters. The molecule has 3 rings (SSSR count). The molecule has 33 heavy (non-hydrogen) atoms. The number of rotatable bonds is 9. The zero-order valence-corrected chi connectivity index (χ0v) is 18.7. The topological polar surface area (TPSA) is 81.4 Å². The quantitative estimate of drug-likeness (QED) is 0.375. The molecule has 3 heterocycles. The molecule has 172 valence electrons. The van der Waals surface area contributed by atoms with E-state index in [1.807, 2.05) is 0 Å². The van der Waals surface area contributed by atoms with Crippen molar-refractivity contribution in [2.75, 3.05) is 11.9 Å². The van der Waals surface area contributed by atoms with Crippen LogP contribution in [0.2, 0.25) is 0 Å². The van der Waals surface area contributed by atoms with E-state index in [2.05, 4.69) is 27.0 Å². The van der Waals surface area contributed by atoms with Gasteiger partial charge in [0.15, 0.2) is 5.43 Å². The minimum atomic E-state index is -0.464. The van der Waals surface area contributed by atoms with Crippen LogP contribution in [0, 0.1) is 12.7 Å². The number of aryl methyl sites for hydroxylation is 1. The molecule has 0 unspecified atom stereocenters. The smallest absolute Gasteiger partial charge is 0.227 e. The Hall–Kier alpha value is -3.88. The van der Waals surface area contributed by atoms with Crippen molar-refractivity contribution in [3.8, 4) is 5.88 Å². The fourth-order valence-corrected chi connectivity index (χ4v) is 3.31. The van der Waals surface area contributed by atoms with Gasteiger partial charge in [-0.3, -0.25) is 14.8 Å². The van der Waals surface area contributed by atoms with E-state index >= 15 is 0 Å². The largest absolute Gasteiger partial charge is 0.477 e. The SMILES string of the molecule is C=N/C(=C\C(F)=C/C)Cn1c(NCc2cc(F)ccn2)cc(=O)c2c(OCC)nc(C)cc21. The molecule has 9 heteroatoms. The Kier molecular flexibility index (Phi) is 7.66. The molecule has 3 aromatic rings. The molecule has 0 radical (unpaired) electrons. The second-order valence-electron chi connectivity index (χ2n) is 7.16. The molecule has 0 saturated heterocycles. The number of ether oxygens (including phenoxy) is 1. The zero-order chi connectivity index (χ0) is 24.0. The Bertz CT molecular complexity index is 1300. The lowest BCUT2D eigenvalue weighted by Gasteiger charge is -2.19. The maximum atomic E-state index is 13.9. The van der Waals surface area contributed by atoms with Gasteiger partial charge in [0, 0.05) is 18.0 Å². The van der Waals surface area contributed by atoms with Crippen molar-refractivity contribution in [3.05, 3.63) is 81.6 Å². The predicted octanol–water partition coefficient (Wildman–Crippen LogP) is 4.71. The molecule has 0 aliphatic rings. The van der Waals surface area contributed by atoms with E-state index in [9.17, 15) is 13.6 Å². The van der Waals surface area contributed by atoms with E-state index in [-0.39, 0.29) is 24.4 Å². The summed E-state index contributed by atoms with van der Waals surface area (Å²) in [4.78, 5) is 25.5. The normalized spacial score (nSPS) is 12.2. The minimum Gasteiger partial charge on any atom is -0.477 e. The first-order chi connectivity index (χ1) is 15.9. The van der Waals surface area contributed by atoms with Crippen LogP contribution in [0.1, 0.15) is 25.2 Å². The van der Waals surface area contributed by atoms with Crippen LogP contribution in [0.3, 0.4) is 0 Å². The molecule has 0 saturated carbocycles. The third-order valence-electron chi connectivity index (χ3n) is 4.80. The van der Waals surface area contributed by atoms with Crippen LogP contribution >= 0.6 is 0 Å². The Morgan fingerprint density at radius 2 is 2.15 bits per heavy atom. The van der Waals surface area contributed by atoms with Crippen LogP contribution in [0.5, 0.6) is 5.88 Å². The van der Waals surface area contributed by atoms with Gasteiger partial charge in [0.05, 0.1) is 36.6 Å². The number of pyridine rings is 3. The number of hydrogen-bond donors (Lipinski definition) is 1. The molecular formula is C24H25F2N5O2. The number of aromatic nitrogens is 3. The average molecular weight is 453 g/mol. The van der Waals surface area contributed by atoms with Crippen LogP contribution < -0.4 is 15.5 Å². The average Bonchev–Trinajstić information content (AvgIpc) is 2.78. The molecule has 7 nitrogen and oxygen atoms in total. The van der Waals surface area contributed by atoms with Gasteiger partial charge in [-0.1, -0.05) is 6.08 Å². The van der Waals surface area contributed by atoms with Crippen LogP contribution in [0.25, 0.3) is 10.9 Å². The van der Waals surface area contributed by atoms with Gasteiger partial charge in [0.25, 0.3) is 0 Å². The second-order valence-corrected chi connectivity index (χ2v) is 7.16. The third-order valence-corrected chi connectivity index (χ3v) is 4.80. The molecule has 3 aromatic heterocycles. The lowest BCUT2D eigenvalue weighted by atomic mass is 10.2. The van der Waals surface area contributed by atoms with Crippen LogP contribution in [-0.4, -0.2) is 27.9 Å². The highest BCUT2D eigenvalue weighted by Gasteiger charge is 2.17. The first kappa shape index (κ1) is 23.8. The standard InChI is InChI=1S/C24H25F2N5O2/c1-5-16(25)10-19(27-4)14-31-20-9-15(3)30-24(33-6-2)23(20)21(32)12-22(31)29-13-18-11-17(26)7-8-28-18/h5,7-12,29H,4,6,13-14H2,1-3H3/b16-5+,19-10-. The van der Waals surface area contributed by atoms with Gasteiger partial charge in [-0.25, -0.2) is 13.8 Å². The van der Waals surface area contributed by atoms with E-state index in [0.717, 1.165) is 0 Å². The maximum Gasteiger partial charge on any atom is 0.227 e. The third kappa shape index (κ3) is 5.68. The first-order valence-electron chi connectivity index (χ1n) is 10.4. The van der Waals surface area contributed by atoms with Crippen molar-refractivity contribution in [2.45, 2.75) is 33.9 Å². The van der Waals surface area contributed by atoms with Gasteiger partial charge in [-0.15, -0.1) is 0 Å². The van der Waals surface area contributed by atoms with Crippen molar-refractivity contribution in [1.29, 1.82) is 0 Å². The fraction of sp³-hybridized carbons (Fsp3) is 0.250. The Balaban J connectivity index is 2.19. The Labute approximate surface area is 190 Å². The maximum absolute atomic E-state index is 13.9. The molecule has 0 aromatic carbocycles. The summed E-state index contributed by atoms with van der Waals surface area (Å²) in [6.45, 7) is 9.31. The highest BCUT2D eigenvalue weighted by molar-refractivity contribution is 5.86. The van der Waals surface area contributed by atoms with E-state index in [4.69, 9.17) is 4.74 Å². The lowest BCUT2D eigenvalue weighted by Crippen LogP contribution is -2.18. The monoisotopic (exact) mass is 453 g/mol. The van der Waals surface area contributed by atoms with E-state index in [0.29, 0.717) is 40.4 Å². The van der Waals surface area contributed by atoms with Gasteiger partial charge >= 0.3 is 0 Å². The van der Waals surface area contributed by atoms with Crippen molar-refractivity contribution in [1.82, 2.24) is 14.5 Å². The number of halogens is 2. The summed E-state index contributed by atoms with van der Waals surface area (Å²) in [7, 11) is 0. The zero-order valence-electron chi connectivity index (χ0n) is 18.7. The van der Waals surface area contributed by atoms with Crippen molar-refractivity contribution >= 4 is 23.4 Å². The molecule has 1 N–H and O–H groups in total. The van der Waals surface area contributed by atoms with Crippen molar-refractivity contribution < 1.29 is 13.5 Å². The summed E-state index contributed by atoms with van der Waals surface area (Å²) in [6.07, 6.45) is 3.95. The van der Waals surface area contributed by atoms with Gasteiger partial charge in [-0.05, 0) is 51.8 Å². The number of allylic oxidation sites excluding steroid dienone is 4. The molecule has 0 fully saturated rings. The first-order valence-corrected chi connectivity index (χ1v) is 10.4. The summed E-state index contributed by atoms with van der Waals surface area (Å²) in [5, 5.41) is 3.43. The Morgan fingerprint density at radius 3 is 2.82 bits per heavy atom. The van der Waals surface area contributed by atoms with Gasteiger partial charge in [0.2, 0.25) is 5.88 Å². The summed E-state index contributed by atoms with van der Waals surface area (Å²) >= 11 is 0. The van der Waals surface area contributed by atoms with Gasteiger partial charge < -0.3 is 14.6 Å². The molecule has 0 spiro atoms. The molecule has 0 amide bonds. The number of nitrogens with zero attached hydrogens (tertiary/aromatic N) is 4. The summed E-state index contributed by atoms with van der Waals surface area (Å²) in [5.74, 6) is -0.235. The highest BCUT2D eigenvalue weighted by atomic mass is 19.1. The molecule has 0 aliphatic carbocycles. The van der Waals surface area contributed by atoms with E-state index in [1.165, 1.54) is 36.5 Å². The lowest BCUT2D eigenvalue weighted by molar-refractivity contribution is 0.330. The highest BCUT2D eigenvalue weighted by Crippen LogP contribution is 2.26. The number of aliphatic imine (C=N–C) groups is 1. The predicted molar refractivity (Wildman–Crippen MR) is 126 cm³/mol. The molecular weight excluding hydrogens is 428 g/mol. The second kappa shape index (κ2) is 10.6. The van der Waals surface area contributed by atoms with Crippen molar-refractivity contribution in [2.24, 2.45) is 4.99 Å². The summed E-state index contributed by atoms with van der Waals surface area (Å²) < 4.78 is 34.9. The number of nitrogens with one attached hydrogen (secondary N) is 1. The van der Waals surface area contributed by atoms with Gasteiger partial charge in [-0.2, -0.15) is 0 Å².